The highest BCUT2D eigenvalue weighted by Crippen LogP contribution is 2.32. The number of halogens is 4. The number of hydrogen-bond donors (Lipinski definition) is 0. The van der Waals surface area contributed by atoms with Crippen molar-refractivity contribution >= 4 is 34.1 Å². The molecule has 1 amide bonds. The summed E-state index contributed by atoms with van der Waals surface area (Å²) in [5.41, 5.74) is 2.07. The maximum Gasteiger partial charge on any atom is 0.408 e. The van der Waals surface area contributed by atoms with Crippen LogP contribution >= 0.6 is 11.6 Å². The third-order valence-electron chi connectivity index (χ3n) is 5.93. The molecule has 0 aliphatic carbocycles. The maximum atomic E-state index is 13.4. The molecule has 1 aliphatic rings. The molecule has 172 valence electrons. The van der Waals surface area contributed by atoms with E-state index in [-0.39, 0.29) is 11.4 Å². The minimum atomic E-state index is -4.47. The Labute approximate surface area is 192 Å². The molecule has 1 fully saturated rings. The Hall–Kier alpha value is -3.07. The van der Waals surface area contributed by atoms with Gasteiger partial charge in [0.1, 0.15) is 17.9 Å². The van der Waals surface area contributed by atoms with Crippen LogP contribution in [0.4, 0.5) is 13.2 Å². The first-order valence-electron chi connectivity index (χ1n) is 10.8. The second-order valence-corrected chi connectivity index (χ2v) is 8.72. The van der Waals surface area contributed by atoms with Crippen molar-refractivity contribution < 1.29 is 18.0 Å². The van der Waals surface area contributed by atoms with Crippen LogP contribution in [0, 0.1) is 0 Å². The maximum absolute atomic E-state index is 13.4. The number of pyridine rings is 1. The number of aromatic nitrogens is 4. The molecule has 0 atom stereocenters. The molecule has 0 N–H and O–H groups in total. The van der Waals surface area contributed by atoms with Gasteiger partial charge in [-0.3, -0.25) is 13.9 Å². The summed E-state index contributed by atoms with van der Waals surface area (Å²) in [5, 5.41) is 5.26. The number of imidazole rings is 1. The Kier molecular flexibility index (Phi) is 5.52. The lowest BCUT2D eigenvalue weighted by Crippen LogP contribution is -2.31. The molecule has 10 heteroatoms. The molecule has 1 saturated heterocycles. The molecule has 0 unspecified atom stereocenters. The van der Waals surface area contributed by atoms with E-state index in [1.54, 1.807) is 46.0 Å². The molecule has 1 aromatic carbocycles. The Morgan fingerprint density at radius 3 is 2.55 bits per heavy atom. The lowest BCUT2D eigenvalue weighted by atomic mass is 10.1. The number of hydrogen-bond acceptors (Lipinski definition) is 3. The molecule has 6 nitrogen and oxygen atoms in total. The standard InChI is InChI=1S/C23H21ClF3N5O/c24-16-6-8-20-28-12-19(31(20)13-16)21-17-7-5-15(22(33)30-9-3-1-2-4-10-30)11-18(17)32(29-21)14-23(25,26)27/h5-8,11-13H,1-4,9-10,14H2. The van der Waals surface area contributed by atoms with E-state index in [9.17, 15) is 18.0 Å². The highest BCUT2D eigenvalue weighted by molar-refractivity contribution is 6.30. The molecule has 33 heavy (non-hydrogen) atoms. The Balaban J connectivity index is 1.63. The molecule has 4 aromatic rings. The second kappa shape index (κ2) is 8.37. The Morgan fingerprint density at radius 2 is 1.82 bits per heavy atom. The van der Waals surface area contributed by atoms with Crippen LogP contribution in [0.5, 0.6) is 0 Å². The Bertz CT molecular complexity index is 1340. The molecule has 0 bridgehead atoms. The fourth-order valence-electron chi connectivity index (χ4n) is 4.37. The summed E-state index contributed by atoms with van der Waals surface area (Å²) in [6.45, 7) is 0.0569. The normalized spacial score (nSPS) is 15.3. The molecule has 0 saturated carbocycles. The van der Waals surface area contributed by atoms with Gasteiger partial charge in [0.05, 0.1) is 22.4 Å². The minimum absolute atomic E-state index is 0.165. The van der Waals surface area contributed by atoms with E-state index in [4.69, 9.17) is 11.6 Å². The van der Waals surface area contributed by atoms with E-state index >= 15 is 0 Å². The van der Waals surface area contributed by atoms with Crippen LogP contribution in [0.3, 0.4) is 0 Å². The van der Waals surface area contributed by atoms with Gasteiger partial charge in [-0.1, -0.05) is 24.4 Å². The van der Waals surface area contributed by atoms with Crippen molar-refractivity contribution in [2.24, 2.45) is 0 Å². The Morgan fingerprint density at radius 1 is 1.06 bits per heavy atom. The van der Waals surface area contributed by atoms with Gasteiger partial charge >= 0.3 is 6.18 Å². The first-order valence-corrected chi connectivity index (χ1v) is 11.2. The van der Waals surface area contributed by atoms with Gasteiger partial charge < -0.3 is 4.90 Å². The smallest absolute Gasteiger partial charge is 0.339 e. The van der Waals surface area contributed by atoms with E-state index < -0.39 is 12.7 Å². The van der Waals surface area contributed by atoms with Crippen LogP contribution in [0.2, 0.25) is 5.02 Å². The van der Waals surface area contributed by atoms with Gasteiger partial charge in [-0.05, 0) is 43.2 Å². The summed E-state index contributed by atoms with van der Waals surface area (Å²) in [6.07, 6.45) is 2.75. The average Bonchev–Trinajstić information content (AvgIpc) is 3.20. The molecule has 5 rings (SSSR count). The number of rotatable bonds is 3. The van der Waals surface area contributed by atoms with Gasteiger partial charge in [0.25, 0.3) is 5.91 Å². The second-order valence-electron chi connectivity index (χ2n) is 8.28. The largest absolute Gasteiger partial charge is 0.408 e. The van der Waals surface area contributed by atoms with Crippen molar-refractivity contribution in [2.45, 2.75) is 38.4 Å². The van der Waals surface area contributed by atoms with Crippen LogP contribution < -0.4 is 0 Å². The average molecular weight is 476 g/mol. The van der Waals surface area contributed by atoms with Crippen molar-refractivity contribution in [3.63, 3.8) is 0 Å². The number of likely N-dealkylation sites (tertiary alicyclic amines) is 1. The summed E-state index contributed by atoms with van der Waals surface area (Å²) >= 11 is 6.12. The molecule has 3 aromatic heterocycles. The lowest BCUT2D eigenvalue weighted by molar-refractivity contribution is -0.141. The number of fused-ring (bicyclic) bond motifs is 2. The number of benzene rings is 1. The number of alkyl halides is 3. The third kappa shape index (κ3) is 4.29. The van der Waals surface area contributed by atoms with Crippen LogP contribution in [0.15, 0.2) is 42.7 Å². The summed E-state index contributed by atoms with van der Waals surface area (Å²) < 4.78 is 42.7. The van der Waals surface area contributed by atoms with Gasteiger partial charge in [0.2, 0.25) is 0 Å². The van der Waals surface area contributed by atoms with Crippen LogP contribution in [-0.4, -0.2) is 49.2 Å². The van der Waals surface area contributed by atoms with Gasteiger partial charge in [-0.25, -0.2) is 4.98 Å². The van der Waals surface area contributed by atoms with E-state index in [0.29, 0.717) is 46.1 Å². The van der Waals surface area contributed by atoms with E-state index in [2.05, 4.69) is 10.1 Å². The highest BCUT2D eigenvalue weighted by Gasteiger charge is 2.31. The monoisotopic (exact) mass is 475 g/mol. The predicted octanol–water partition coefficient (Wildman–Crippen LogP) is 5.58. The molecule has 0 radical (unpaired) electrons. The first-order chi connectivity index (χ1) is 15.8. The van der Waals surface area contributed by atoms with Crippen molar-refractivity contribution in [1.82, 2.24) is 24.1 Å². The topological polar surface area (TPSA) is 55.4 Å². The fourth-order valence-corrected chi connectivity index (χ4v) is 4.53. The van der Waals surface area contributed by atoms with E-state index in [0.717, 1.165) is 30.4 Å². The van der Waals surface area contributed by atoms with Gasteiger partial charge in [0, 0.05) is 30.2 Å². The lowest BCUT2D eigenvalue weighted by Gasteiger charge is -2.20. The molecule has 0 spiro atoms. The molecule has 4 heterocycles. The van der Waals surface area contributed by atoms with Crippen LogP contribution in [-0.2, 0) is 6.54 Å². The third-order valence-corrected chi connectivity index (χ3v) is 6.16. The predicted molar refractivity (Wildman–Crippen MR) is 119 cm³/mol. The van der Waals surface area contributed by atoms with Crippen molar-refractivity contribution in [1.29, 1.82) is 0 Å². The SMILES string of the molecule is O=C(c1ccc2c(-c3cnc4ccc(Cl)cn34)nn(CC(F)(F)F)c2c1)N1CCCCCC1. The highest BCUT2D eigenvalue weighted by atomic mass is 35.5. The van der Waals surface area contributed by atoms with Gasteiger partial charge in [-0.2, -0.15) is 18.3 Å². The number of amides is 1. The zero-order valence-corrected chi connectivity index (χ0v) is 18.4. The summed E-state index contributed by atoms with van der Waals surface area (Å²) in [7, 11) is 0. The zero-order chi connectivity index (χ0) is 23.2. The summed E-state index contributed by atoms with van der Waals surface area (Å²) in [5.74, 6) is -0.165. The van der Waals surface area contributed by atoms with Crippen molar-refractivity contribution in [3.05, 3.63) is 53.3 Å². The summed E-state index contributed by atoms with van der Waals surface area (Å²) in [6, 6.07) is 8.25. The zero-order valence-electron chi connectivity index (χ0n) is 17.6. The van der Waals surface area contributed by atoms with Crippen molar-refractivity contribution in [3.8, 4) is 11.4 Å². The summed E-state index contributed by atoms with van der Waals surface area (Å²) in [4.78, 5) is 19.2. The minimum Gasteiger partial charge on any atom is -0.339 e. The first kappa shape index (κ1) is 21.8. The van der Waals surface area contributed by atoms with E-state index in [1.165, 1.54) is 6.07 Å². The number of carbonyl (C=O) groups excluding carboxylic acids is 1. The fraction of sp³-hybridized carbons (Fsp3) is 0.348. The molecular formula is C23H21ClF3N5O. The van der Waals surface area contributed by atoms with Crippen LogP contribution in [0.25, 0.3) is 27.9 Å². The quantitative estimate of drug-likeness (QED) is 0.388. The number of carbonyl (C=O) groups is 1. The van der Waals surface area contributed by atoms with E-state index in [1.807, 2.05) is 0 Å². The van der Waals surface area contributed by atoms with Crippen molar-refractivity contribution in [2.75, 3.05) is 13.1 Å². The molecular weight excluding hydrogens is 455 g/mol. The number of nitrogens with zero attached hydrogens (tertiary/aromatic N) is 5. The van der Waals surface area contributed by atoms with Gasteiger partial charge in [0.15, 0.2) is 0 Å². The van der Waals surface area contributed by atoms with Gasteiger partial charge in [-0.15, -0.1) is 0 Å². The van der Waals surface area contributed by atoms with Crippen LogP contribution in [0.1, 0.15) is 36.0 Å². The molecule has 1 aliphatic heterocycles.